The predicted molar refractivity (Wildman–Crippen MR) is 107 cm³/mol. The van der Waals surface area contributed by atoms with Gasteiger partial charge in [-0.05, 0) is 24.5 Å². The van der Waals surface area contributed by atoms with E-state index in [0.717, 1.165) is 31.5 Å². The van der Waals surface area contributed by atoms with E-state index in [1.807, 2.05) is 40.1 Å². The molecule has 154 valence electrons. The molecule has 4 rings (SSSR count). The fourth-order valence-corrected chi connectivity index (χ4v) is 3.82. The maximum atomic E-state index is 12.6. The van der Waals surface area contributed by atoms with Gasteiger partial charge >= 0.3 is 0 Å². The van der Waals surface area contributed by atoms with Gasteiger partial charge in [0.05, 0.1) is 6.54 Å². The Morgan fingerprint density at radius 3 is 2.17 bits per heavy atom. The summed E-state index contributed by atoms with van der Waals surface area (Å²) < 4.78 is 0. The largest absolute Gasteiger partial charge is 0.342 e. The Morgan fingerprint density at radius 1 is 0.793 bits per heavy atom. The Balaban J connectivity index is 1.24. The molecule has 2 aromatic rings. The summed E-state index contributed by atoms with van der Waals surface area (Å²) in [5.74, 6) is 0.702. The standard InChI is InChI=1S/C20H27N7O2/c28-18(25-9-5-2-6-10-25)15-24-11-13-26(14-12-24)19(29)16-27-22-20(21-23-27)17-7-3-1-4-8-17/h1,3-4,7-8H,2,5-6,9-16H2. The molecule has 3 heterocycles. The highest BCUT2D eigenvalue weighted by Crippen LogP contribution is 2.12. The van der Waals surface area contributed by atoms with E-state index < -0.39 is 0 Å². The maximum absolute atomic E-state index is 12.6. The average Bonchev–Trinajstić information content (AvgIpc) is 3.24. The smallest absolute Gasteiger partial charge is 0.246 e. The number of rotatable bonds is 5. The minimum atomic E-state index is -0.0241. The Labute approximate surface area is 170 Å². The van der Waals surface area contributed by atoms with Crippen LogP contribution in [0.25, 0.3) is 11.4 Å². The van der Waals surface area contributed by atoms with Gasteiger partial charge in [0, 0.05) is 44.8 Å². The lowest BCUT2D eigenvalue weighted by molar-refractivity contribution is -0.136. The van der Waals surface area contributed by atoms with Crippen molar-refractivity contribution in [1.29, 1.82) is 0 Å². The van der Waals surface area contributed by atoms with E-state index in [-0.39, 0.29) is 18.4 Å². The average molecular weight is 397 g/mol. The molecule has 0 spiro atoms. The molecule has 0 bridgehead atoms. The first kappa shape index (κ1) is 19.5. The third-order valence-electron chi connectivity index (χ3n) is 5.55. The molecule has 0 unspecified atom stereocenters. The molecule has 2 aliphatic rings. The highest BCUT2D eigenvalue weighted by molar-refractivity contribution is 5.78. The summed E-state index contributed by atoms with van der Waals surface area (Å²) in [5, 5.41) is 12.3. The number of hydrogen-bond acceptors (Lipinski definition) is 6. The lowest BCUT2D eigenvalue weighted by Crippen LogP contribution is -2.52. The van der Waals surface area contributed by atoms with Crippen LogP contribution in [0.1, 0.15) is 19.3 Å². The lowest BCUT2D eigenvalue weighted by atomic mass is 10.1. The summed E-state index contributed by atoms with van der Waals surface area (Å²) in [7, 11) is 0. The molecular weight excluding hydrogens is 370 g/mol. The molecule has 0 aliphatic carbocycles. The van der Waals surface area contributed by atoms with E-state index in [4.69, 9.17) is 0 Å². The van der Waals surface area contributed by atoms with Crippen LogP contribution in [-0.2, 0) is 16.1 Å². The lowest BCUT2D eigenvalue weighted by Gasteiger charge is -2.36. The second-order valence-electron chi connectivity index (χ2n) is 7.61. The quantitative estimate of drug-likeness (QED) is 0.730. The van der Waals surface area contributed by atoms with E-state index in [2.05, 4.69) is 20.3 Å². The van der Waals surface area contributed by atoms with E-state index >= 15 is 0 Å². The van der Waals surface area contributed by atoms with Crippen molar-refractivity contribution in [3.8, 4) is 11.4 Å². The van der Waals surface area contributed by atoms with Crippen LogP contribution in [0.3, 0.4) is 0 Å². The number of hydrogen-bond donors (Lipinski definition) is 0. The highest BCUT2D eigenvalue weighted by Gasteiger charge is 2.25. The first-order valence-corrected chi connectivity index (χ1v) is 10.3. The van der Waals surface area contributed by atoms with Crippen LogP contribution in [0.5, 0.6) is 0 Å². The minimum Gasteiger partial charge on any atom is -0.342 e. The van der Waals surface area contributed by atoms with Crippen molar-refractivity contribution in [3.05, 3.63) is 30.3 Å². The Kier molecular flexibility index (Phi) is 6.14. The van der Waals surface area contributed by atoms with Crippen molar-refractivity contribution in [3.63, 3.8) is 0 Å². The molecule has 0 atom stereocenters. The molecule has 2 amide bonds. The second kappa shape index (κ2) is 9.13. The summed E-state index contributed by atoms with van der Waals surface area (Å²) in [6.07, 6.45) is 3.44. The van der Waals surface area contributed by atoms with Gasteiger partial charge in [-0.1, -0.05) is 30.3 Å². The van der Waals surface area contributed by atoms with Crippen molar-refractivity contribution < 1.29 is 9.59 Å². The minimum absolute atomic E-state index is 0.0241. The molecule has 9 heteroatoms. The summed E-state index contributed by atoms with van der Waals surface area (Å²) in [5.41, 5.74) is 0.873. The van der Waals surface area contributed by atoms with Crippen molar-refractivity contribution in [2.24, 2.45) is 0 Å². The van der Waals surface area contributed by atoms with Crippen molar-refractivity contribution in [2.75, 3.05) is 45.8 Å². The van der Waals surface area contributed by atoms with Crippen LogP contribution in [-0.4, -0.2) is 92.5 Å². The molecular formula is C20H27N7O2. The van der Waals surface area contributed by atoms with E-state index in [0.29, 0.717) is 38.5 Å². The Hall–Kier alpha value is -2.81. The summed E-state index contributed by atoms with van der Waals surface area (Å²) in [6, 6.07) is 9.58. The first-order valence-electron chi connectivity index (χ1n) is 10.3. The van der Waals surface area contributed by atoms with Crippen LogP contribution in [0.4, 0.5) is 0 Å². The van der Waals surface area contributed by atoms with Crippen LogP contribution in [0.15, 0.2) is 30.3 Å². The summed E-state index contributed by atoms with van der Waals surface area (Å²) >= 11 is 0. The number of amides is 2. The molecule has 29 heavy (non-hydrogen) atoms. The number of benzene rings is 1. The van der Waals surface area contributed by atoms with Gasteiger partial charge < -0.3 is 9.80 Å². The number of likely N-dealkylation sites (tertiary alicyclic amines) is 1. The molecule has 2 saturated heterocycles. The van der Waals surface area contributed by atoms with Crippen molar-refractivity contribution in [2.45, 2.75) is 25.8 Å². The molecule has 9 nitrogen and oxygen atoms in total. The topological polar surface area (TPSA) is 87.5 Å². The van der Waals surface area contributed by atoms with Gasteiger partial charge in [0.25, 0.3) is 0 Å². The highest BCUT2D eigenvalue weighted by atomic mass is 16.2. The Bertz CT molecular complexity index is 824. The van der Waals surface area contributed by atoms with Gasteiger partial charge in [-0.3, -0.25) is 14.5 Å². The summed E-state index contributed by atoms with van der Waals surface area (Å²) in [6.45, 7) is 4.95. The number of tetrazole rings is 1. The predicted octanol–water partition coefficient (Wildman–Crippen LogP) is 0.497. The van der Waals surface area contributed by atoms with Crippen LogP contribution in [0, 0.1) is 0 Å². The number of carbonyl (C=O) groups excluding carboxylic acids is 2. The SMILES string of the molecule is O=C(CN1CCN(C(=O)Cn2nnc(-c3ccccc3)n2)CC1)N1CCCCC1. The number of aromatic nitrogens is 4. The number of piperazine rings is 1. The first-order chi connectivity index (χ1) is 14.2. The normalized spacial score (nSPS) is 18.1. The van der Waals surface area contributed by atoms with Gasteiger partial charge in [0.1, 0.15) is 6.54 Å². The molecule has 0 N–H and O–H groups in total. The third-order valence-corrected chi connectivity index (χ3v) is 5.55. The third kappa shape index (κ3) is 4.97. The van der Waals surface area contributed by atoms with E-state index in [1.165, 1.54) is 11.2 Å². The number of carbonyl (C=O) groups is 2. The number of nitrogens with zero attached hydrogens (tertiary/aromatic N) is 7. The van der Waals surface area contributed by atoms with Gasteiger partial charge in [-0.15, -0.1) is 10.2 Å². The zero-order valence-electron chi connectivity index (χ0n) is 16.6. The van der Waals surface area contributed by atoms with Gasteiger partial charge in [0.15, 0.2) is 0 Å². The van der Waals surface area contributed by atoms with Gasteiger partial charge in [-0.25, -0.2) is 0 Å². The zero-order valence-corrected chi connectivity index (χ0v) is 16.6. The molecule has 0 radical (unpaired) electrons. The molecule has 0 saturated carbocycles. The van der Waals surface area contributed by atoms with Gasteiger partial charge in [0.2, 0.25) is 17.6 Å². The Morgan fingerprint density at radius 2 is 1.45 bits per heavy atom. The second-order valence-corrected chi connectivity index (χ2v) is 7.61. The maximum Gasteiger partial charge on any atom is 0.246 e. The van der Waals surface area contributed by atoms with Crippen LogP contribution < -0.4 is 0 Å². The fraction of sp³-hybridized carbons (Fsp3) is 0.550. The van der Waals surface area contributed by atoms with E-state index in [1.54, 1.807) is 0 Å². The van der Waals surface area contributed by atoms with Crippen LogP contribution in [0.2, 0.25) is 0 Å². The monoisotopic (exact) mass is 397 g/mol. The summed E-state index contributed by atoms with van der Waals surface area (Å²) in [4.78, 5) is 32.3. The molecule has 1 aromatic carbocycles. The van der Waals surface area contributed by atoms with Crippen molar-refractivity contribution >= 4 is 11.8 Å². The van der Waals surface area contributed by atoms with Gasteiger partial charge in [-0.2, -0.15) is 4.80 Å². The molecule has 2 aliphatic heterocycles. The fourth-order valence-electron chi connectivity index (χ4n) is 3.82. The van der Waals surface area contributed by atoms with E-state index in [9.17, 15) is 9.59 Å². The van der Waals surface area contributed by atoms with Crippen molar-refractivity contribution in [1.82, 2.24) is 34.9 Å². The molecule has 1 aromatic heterocycles. The van der Waals surface area contributed by atoms with Crippen LogP contribution >= 0.6 is 0 Å². The molecule has 2 fully saturated rings. The zero-order chi connectivity index (χ0) is 20.1. The number of piperidine rings is 1.